The van der Waals surface area contributed by atoms with Gasteiger partial charge in [-0.05, 0) is 42.6 Å². The summed E-state index contributed by atoms with van der Waals surface area (Å²) >= 11 is 0. The van der Waals surface area contributed by atoms with Crippen LogP contribution in [0, 0.1) is 0 Å². The van der Waals surface area contributed by atoms with Crippen LogP contribution in [0.25, 0.3) is 10.8 Å². The molecule has 2 aromatic rings. The van der Waals surface area contributed by atoms with Gasteiger partial charge >= 0.3 is 5.97 Å². The number of aliphatic carboxylic acids is 1. The van der Waals surface area contributed by atoms with Crippen LogP contribution in [-0.4, -0.2) is 59.0 Å². The van der Waals surface area contributed by atoms with Crippen LogP contribution in [0.3, 0.4) is 0 Å². The Balaban J connectivity index is 1.63. The maximum Gasteiger partial charge on any atom is 0.317 e. The summed E-state index contributed by atoms with van der Waals surface area (Å²) in [5.41, 5.74) is 1.04. The van der Waals surface area contributed by atoms with E-state index >= 15 is 0 Å². The molecule has 0 radical (unpaired) electrons. The summed E-state index contributed by atoms with van der Waals surface area (Å²) in [6.07, 6.45) is 1.66. The van der Waals surface area contributed by atoms with Crippen molar-refractivity contribution in [3.8, 4) is 0 Å². The Kier molecular flexibility index (Phi) is 6.11. The predicted octanol–water partition coefficient (Wildman–Crippen LogP) is 3.34. The first-order valence-electron chi connectivity index (χ1n) is 9.73. The third kappa shape index (κ3) is 4.48. The Hall–Kier alpha value is -2.40. The van der Waals surface area contributed by atoms with Gasteiger partial charge in [0.05, 0.1) is 12.5 Å². The summed E-state index contributed by atoms with van der Waals surface area (Å²) in [4.78, 5) is 27.9. The Morgan fingerprint density at radius 2 is 1.81 bits per heavy atom. The van der Waals surface area contributed by atoms with Gasteiger partial charge in [0, 0.05) is 19.1 Å². The molecule has 0 bridgehead atoms. The van der Waals surface area contributed by atoms with Gasteiger partial charge in [-0.3, -0.25) is 14.5 Å². The number of amides is 1. The molecule has 1 N–H and O–H groups in total. The first-order chi connectivity index (χ1) is 13.0. The van der Waals surface area contributed by atoms with Crippen molar-refractivity contribution in [1.82, 2.24) is 9.80 Å². The highest BCUT2D eigenvalue weighted by Crippen LogP contribution is 2.25. The Bertz CT molecular complexity index is 812. The van der Waals surface area contributed by atoms with E-state index in [1.54, 1.807) is 0 Å². The maximum absolute atomic E-state index is 13.0. The number of carbonyl (C=O) groups excluding carboxylic acids is 1. The first-order valence-corrected chi connectivity index (χ1v) is 9.73. The number of piperidine rings is 1. The lowest BCUT2D eigenvalue weighted by atomic mass is 9.95. The standard InChI is InChI=1S/C22H28N2O3/c1-3-23(15-21(25)26)20-10-12-24(13-11-20)22(27)16(2)18-9-8-17-6-4-5-7-19(17)14-18/h4-9,14,16,20H,3,10-13,15H2,1-2H3,(H,25,26). The molecule has 0 aromatic heterocycles. The number of likely N-dealkylation sites (N-methyl/N-ethyl adjacent to an activating group) is 1. The molecule has 1 fully saturated rings. The van der Waals surface area contributed by atoms with E-state index in [4.69, 9.17) is 5.11 Å². The van der Waals surface area contributed by atoms with Crippen molar-refractivity contribution in [3.63, 3.8) is 0 Å². The largest absolute Gasteiger partial charge is 0.480 e. The van der Waals surface area contributed by atoms with E-state index in [1.165, 1.54) is 5.39 Å². The fourth-order valence-corrected chi connectivity index (χ4v) is 4.02. The molecule has 1 heterocycles. The molecular weight excluding hydrogens is 340 g/mol. The second-order valence-electron chi connectivity index (χ2n) is 7.34. The van der Waals surface area contributed by atoms with Crippen LogP contribution in [0.2, 0.25) is 0 Å². The highest BCUT2D eigenvalue weighted by molar-refractivity contribution is 5.87. The van der Waals surface area contributed by atoms with Crippen LogP contribution in [0.5, 0.6) is 0 Å². The van der Waals surface area contributed by atoms with Crippen LogP contribution in [0.1, 0.15) is 38.2 Å². The van der Waals surface area contributed by atoms with Crippen LogP contribution in [0.4, 0.5) is 0 Å². The van der Waals surface area contributed by atoms with Gasteiger partial charge in [-0.25, -0.2) is 0 Å². The van der Waals surface area contributed by atoms with Gasteiger partial charge in [0.25, 0.3) is 0 Å². The Morgan fingerprint density at radius 3 is 2.44 bits per heavy atom. The molecule has 1 amide bonds. The normalized spacial score (nSPS) is 16.6. The predicted molar refractivity (Wildman–Crippen MR) is 107 cm³/mol. The highest BCUT2D eigenvalue weighted by Gasteiger charge is 2.29. The minimum atomic E-state index is -0.791. The van der Waals surface area contributed by atoms with Crippen molar-refractivity contribution in [2.75, 3.05) is 26.2 Å². The van der Waals surface area contributed by atoms with Gasteiger partial charge in [0.1, 0.15) is 0 Å². The molecule has 1 atom stereocenters. The number of nitrogens with zero attached hydrogens (tertiary/aromatic N) is 2. The molecule has 5 heteroatoms. The fourth-order valence-electron chi connectivity index (χ4n) is 4.02. The van der Waals surface area contributed by atoms with E-state index in [-0.39, 0.29) is 24.4 Å². The lowest BCUT2D eigenvalue weighted by Crippen LogP contribution is -2.48. The maximum atomic E-state index is 13.0. The zero-order valence-electron chi connectivity index (χ0n) is 16.1. The minimum absolute atomic E-state index is 0.0720. The summed E-state index contributed by atoms with van der Waals surface area (Å²) in [7, 11) is 0. The summed E-state index contributed by atoms with van der Waals surface area (Å²) in [5, 5.41) is 11.4. The number of hydrogen-bond acceptors (Lipinski definition) is 3. The zero-order chi connectivity index (χ0) is 19.4. The quantitative estimate of drug-likeness (QED) is 0.849. The number of fused-ring (bicyclic) bond motifs is 1. The first kappa shape index (κ1) is 19.4. The van der Waals surface area contributed by atoms with E-state index in [0.717, 1.165) is 30.3 Å². The monoisotopic (exact) mass is 368 g/mol. The van der Waals surface area contributed by atoms with Crippen molar-refractivity contribution < 1.29 is 14.7 Å². The Morgan fingerprint density at radius 1 is 1.15 bits per heavy atom. The molecule has 0 saturated carbocycles. The highest BCUT2D eigenvalue weighted by atomic mass is 16.4. The molecule has 1 aliphatic rings. The number of carboxylic acid groups (broad SMARTS) is 1. The van der Waals surface area contributed by atoms with Crippen molar-refractivity contribution in [3.05, 3.63) is 48.0 Å². The molecule has 144 valence electrons. The van der Waals surface area contributed by atoms with Gasteiger partial charge in [0.2, 0.25) is 5.91 Å². The SMILES string of the molecule is CCN(CC(=O)O)C1CCN(C(=O)C(C)c2ccc3ccccc3c2)CC1. The van der Waals surface area contributed by atoms with Crippen molar-refractivity contribution >= 4 is 22.6 Å². The van der Waals surface area contributed by atoms with E-state index in [2.05, 4.69) is 24.3 Å². The molecule has 5 nitrogen and oxygen atoms in total. The summed E-state index contributed by atoms with van der Waals surface area (Å²) in [6.45, 7) is 6.14. The van der Waals surface area contributed by atoms with Gasteiger partial charge in [-0.2, -0.15) is 0 Å². The van der Waals surface area contributed by atoms with E-state index in [0.29, 0.717) is 13.1 Å². The van der Waals surface area contributed by atoms with Gasteiger partial charge < -0.3 is 10.0 Å². The average Bonchev–Trinajstić information content (AvgIpc) is 2.70. The van der Waals surface area contributed by atoms with Crippen LogP contribution in [-0.2, 0) is 9.59 Å². The van der Waals surface area contributed by atoms with E-state index < -0.39 is 5.97 Å². The third-order valence-electron chi connectivity index (χ3n) is 5.68. The van der Waals surface area contributed by atoms with Crippen molar-refractivity contribution in [2.45, 2.75) is 38.6 Å². The number of likely N-dealkylation sites (tertiary alicyclic amines) is 1. The number of carboxylic acids is 1. The van der Waals surface area contributed by atoms with Gasteiger partial charge in [0.15, 0.2) is 0 Å². The molecule has 2 aromatic carbocycles. The zero-order valence-corrected chi connectivity index (χ0v) is 16.1. The minimum Gasteiger partial charge on any atom is -0.480 e. The third-order valence-corrected chi connectivity index (χ3v) is 5.68. The van der Waals surface area contributed by atoms with Gasteiger partial charge in [-0.15, -0.1) is 0 Å². The molecule has 1 unspecified atom stereocenters. The summed E-state index contributed by atoms with van der Waals surface area (Å²) in [5.74, 6) is -0.808. The smallest absolute Gasteiger partial charge is 0.317 e. The van der Waals surface area contributed by atoms with Crippen molar-refractivity contribution in [2.24, 2.45) is 0 Å². The number of benzene rings is 2. The lowest BCUT2D eigenvalue weighted by molar-refractivity contribution is -0.140. The van der Waals surface area contributed by atoms with Crippen LogP contribution < -0.4 is 0 Å². The number of hydrogen-bond donors (Lipinski definition) is 1. The molecule has 0 spiro atoms. The Labute approximate surface area is 160 Å². The summed E-state index contributed by atoms with van der Waals surface area (Å²) < 4.78 is 0. The molecule has 3 rings (SSSR count). The molecule has 27 heavy (non-hydrogen) atoms. The lowest BCUT2D eigenvalue weighted by Gasteiger charge is -2.38. The number of carbonyl (C=O) groups is 2. The topological polar surface area (TPSA) is 60.9 Å². The van der Waals surface area contributed by atoms with Crippen molar-refractivity contribution in [1.29, 1.82) is 0 Å². The molecule has 0 aliphatic carbocycles. The number of rotatable bonds is 6. The van der Waals surface area contributed by atoms with Gasteiger partial charge in [-0.1, -0.05) is 49.4 Å². The molecular formula is C22H28N2O3. The molecule has 1 aliphatic heterocycles. The summed E-state index contributed by atoms with van der Waals surface area (Å²) in [6, 6.07) is 14.7. The fraction of sp³-hybridized carbons (Fsp3) is 0.455. The second-order valence-corrected chi connectivity index (χ2v) is 7.34. The van der Waals surface area contributed by atoms with Crippen LogP contribution in [0.15, 0.2) is 42.5 Å². The average molecular weight is 368 g/mol. The second kappa shape index (κ2) is 8.53. The van der Waals surface area contributed by atoms with E-state index in [1.807, 2.05) is 41.8 Å². The molecule has 1 saturated heterocycles. The van der Waals surface area contributed by atoms with E-state index in [9.17, 15) is 9.59 Å². The van der Waals surface area contributed by atoms with Crippen LogP contribution >= 0.6 is 0 Å².